The van der Waals surface area contributed by atoms with Crippen LogP contribution in [-0.2, 0) is 23.1 Å². The van der Waals surface area contributed by atoms with Gasteiger partial charge in [-0.1, -0.05) is 0 Å². The number of hydrogen-bond donors (Lipinski definition) is 4. The Balaban J connectivity index is 1.95. The number of aromatic nitrogens is 4. The number of nitrogens with two attached hydrogens (primary N) is 1. The zero-order valence-electron chi connectivity index (χ0n) is 17.0. The number of ether oxygens (including phenoxy) is 2. The lowest BCUT2D eigenvalue weighted by Gasteiger charge is -2.26. The van der Waals surface area contributed by atoms with Crippen molar-refractivity contribution in [3.05, 3.63) is 16.7 Å². The molecule has 14 heteroatoms. The van der Waals surface area contributed by atoms with Gasteiger partial charge < -0.3 is 25.2 Å². The van der Waals surface area contributed by atoms with Crippen LogP contribution in [0, 0.1) is 0 Å². The van der Waals surface area contributed by atoms with Crippen LogP contribution in [0.2, 0.25) is 0 Å². The molecule has 0 amide bonds. The van der Waals surface area contributed by atoms with Crippen LogP contribution in [0.3, 0.4) is 0 Å². The highest BCUT2D eigenvalue weighted by atomic mass is 31.2. The van der Waals surface area contributed by atoms with Crippen molar-refractivity contribution >= 4 is 24.9 Å². The molecule has 0 radical (unpaired) electrons. The van der Waals surface area contributed by atoms with Crippen LogP contribution in [0.1, 0.15) is 33.9 Å². The van der Waals surface area contributed by atoms with Crippen molar-refractivity contribution in [2.24, 2.45) is 0 Å². The number of rotatable bonds is 7. The third-order valence-electron chi connectivity index (χ3n) is 4.26. The first-order valence-corrected chi connectivity index (χ1v) is 10.8. The van der Waals surface area contributed by atoms with Gasteiger partial charge in [-0.05, 0) is 27.7 Å². The van der Waals surface area contributed by atoms with Gasteiger partial charge in [-0.3, -0.25) is 23.4 Å². The summed E-state index contributed by atoms with van der Waals surface area (Å²) in [6.07, 6.45) is -3.51. The molecule has 3 rings (SSSR count). The molecule has 0 bridgehead atoms. The molecular weight excluding hydrogens is 421 g/mol. The van der Waals surface area contributed by atoms with Gasteiger partial charge in [0.05, 0.1) is 25.1 Å². The van der Waals surface area contributed by atoms with Gasteiger partial charge in [0.2, 0.25) is 5.95 Å². The molecule has 1 aliphatic rings. The number of nitrogen functional groups attached to an aromatic ring is 1. The summed E-state index contributed by atoms with van der Waals surface area (Å²) < 4.78 is 35.0. The van der Waals surface area contributed by atoms with Crippen LogP contribution < -0.4 is 11.3 Å². The third kappa shape index (κ3) is 4.89. The smallest absolute Gasteiger partial charge is 0.386 e. The van der Waals surface area contributed by atoms with Crippen LogP contribution in [0.5, 0.6) is 0 Å². The van der Waals surface area contributed by atoms with E-state index in [1.165, 1.54) is 17.8 Å². The minimum atomic E-state index is -4.46. The number of aromatic amines is 1. The minimum Gasteiger partial charge on any atom is -0.386 e. The monoisotopic (exact) mass is 447 g/mol. The Morgan fingerprint density at radius 2 is 2.13 bits per heavy atom. The Morgan fingerprint density at radius 1 is 1.43 bits per heavy atom. The normalized spacial score (nSPS) is 26.9. The molecule has 0 aliphatic carbocycles. The fourth-order valence-corrected chi connectivity index (χ4v) is 3.98. The molecule has 2 aromatic rings. The standard InChI is InChI=1S/C16H26N5O8P/c1-5-27-30(24,25)29-11-8(6-26-16(2,3)4)28-14(10(11)22)21-7-18-9-12(21)19-15(17)20-13(9)23/h7-8,10-11,14,22H,5-6H2,1-4H3,(H,24,25)(H3,17,19,20,23)/t8-,10?,11?,14-/m1/s1. The lowest BCUT2D eigenvalue weighted by Crippen LogP contribution is -2.38. The van der Waals surface area contributed by atoms with Crippen LogP contribution >= 0.6 is 7.82 Å². The number of aliphatic hydroxyl groups is 1. The maximum atomic E-state index is 12.2. The van der Waals surface area contributed by atoms with Crippen molar-refractivity contribution in [3.8, 4) is 0 Å². The van der Waals surface area contributed by atoms with E-state index in [1.54, 1.807) is 0 Å². The summed E-state index contributed by atoms with van der Waals surface area (Å²) in [4.78, 5) is 32.3. The molecule has 5 atom stereocenters. The number of phosphoric acid groups is 1. The Labute approximate surface area is 171 Å². The Bertz CT molecular complexity index is 1000. The number of phosphoric ester groups is 1. The van der Waals surface area contributed by atoms with Gasteiger partial charge in [0, 0.05) is 0 Å². The predicted octanol–water partition coefficient (Wildman–Crippen LogP) is 0.297. The van der Waals surface area contributed by atoms with E-state index < -0.39 is 43.5 Å². The molecule has 1 saturated heterocycles. The molecule has 0 spiro atoms. The van der Waals surface area contributed by atoms with Gasteiger partial charge in [0.1, 0.15) is 18.3 Å². The molecule has 0 aromatic carbocycles. The van der Waals surface area contributed by atoms with Gasteiger partial charge >= 0.3 is 7.82 Å². The summed E-state index contributed by atoms with van der Waals surface area (Å²) in [6.45, 7) is 6.89. The molecule has 30 heavy (non-hydrogen) atoms. The first kappa shape index (κ1) is 22.8. The molecule has 1 fully saturated rings. The summed E-state index contributed by atoms with van der Waals surface area (Å²) >= 11 is 0. The van der Waals surface area contributed by atoms with E-state index >= 15 is 0 Å². The molecule has 3 heterocycles. The third-order valence-corrected chi connectivity index (χ3v) is 5.36. The van der Waals surface area contributed by atoms with E-state index in [2.05, 4.69) is 15.0 Å². The van der Waals surface area contributed by atoms with Crippen molar-refractivity contribution in [2.45, 2.75) is 57.8 Å². The van der Waals surface area contributed by atoms with E-state index in [-0.39, 0.29) is 30.3 Å². The number of hydrogen-bond acceptors (Lipinski definition) is 10. The van der Waals surface area contributed by atoms with Gasteiger partial charge in [-0.2, -0.15) is 4.98 Å². The number of nitrogens with zero attached hydrogens (tertiary/aromatic N) is 3. The molecular formula is C16H26N5O8P. The average Bonchev–Trinajstić information content (AvgIpc) is 3.14. The summed E-state index contributed by atoms with van der Waals surface area (Å²) in [5, 5.41) is 10.9. The molecule has 5 N–H and O–H groups in total. The summed E-state index contributed by atoms with van der Waals surface area (Å²) in [7, 11) is -4.46. The molecule has 168 valence electrons. The Hall–Kier alpha value is -1.86. The average molecular weight is 447 g/mol. The molecule has 3 unspecified atom stereocenters. The number of imidazole rings is 1. The van der Waals surface area contributed by atoms with Crippen molar-refractivity contribution < 1.29 is 33.1 Å². The topological polar surface area (TPSA) is 184 Å². The summed E-state index contributed by atoms with van der Waals surface area (Å²) in [5.74, 6) is -0.140. The van der Waals surface area contributed by atoms with Crippen LogP contribution in [0.25, 0.3) is 11.2 Å². The molecule has 13 nitrogen and oxygen atoms in total. The van der Waals surface area contributed by atoms with Gasteiger partial charge in [-0.25, -0.2) is 9.55 Å². The molecule has 2 aromatic heterocycles. The fraction of sp³-hybridized carbons (Fsp3) is 0.688. The van der Waals surface area contributed by atoms with Gasteiger partial charge in [0.25, 0.3) is 5.56 Å². The highest BCUT2D eigenvalue weighted by Gasteiger charge is 2.49. The zero-order valence-corrected chi connectivity index (χ0v) is 17.9. The Kier molecular flexibility index (Phi) is 6.35. The van der Waals surface area contributed by atoms with Gasteiger partial charge in [-0.15, -0.1) is 0 Å². The maximum absolute atomic E-state index is 12.2. The lowest BCUT2D eigenvalue weighted by atomic mass is 10.1. The molecule has 1 aliphatic heterocycles. The number of nitrogens with one attached hydrogen (secondary N) is 1. The fourth-order valence-electron chi connectivity index (χ4n) is 3.02. The largest absolute Gasteiger partial charge is 0.472 e. The van der Waals surface area contributed by atoms with Crippen molar-refractivity contribution in [1.29, 1.82) is 0 Å². The molecule has 0 saturated carbocycles. The zero-order chi connectivity index (χ0) is 22.3. The van der Waals surface area contributed by atoms with Crippen molar-refractivity contribution in [2.75, 3.05) is 18.9 Å². The number of H-pyrrole nitrogens is 1. The van der Waals surface area contributed by atoms with Crippen LogP contribution in [-0.4, -0.2) is 66.6 Å². The maximum Gasteiger partial charge on any atom is 0.472 e. The SMILES string of the molecule is CCOP(=O)(O)OC1C(O)[C@H](n2cnc3c(=O)[nH]c(N)nc32)O[C@@H]1COC(C)(C)C. The van der Waals surface area contributed by atoms with Crippen molar-refractivity contribution in [3.63, 3.8) is 0 Å². The first-order chi connectivity index (χ1) is 13.9. The number of anilines is 1. The minimum absolute atomic E-state index is 0.00555. The second-order valence-corrected chi connectivity index (χ2v) is 9.12. The van der Waals surface area contributed by atoms with E-state index in [9.17, 15) is 19.4 Å². The summed E-state index contributed by atoms with van der Waals surface area (Å²) in [5.41, 5.74) is 4.59. The second kappa shape index (κ2) is 8.35. The predicted molar refractivity (Wildman–Crippen MR) is 105 cm³/mol. The highest BCUT2D eigenvalue weighted by Crippen LogP contribution is 2.48. The quantitative estimate of drug-likeness (QED) is 0.428. The van der Waals surface area contributed by atoms with Crippen LogP contribution in [0.4, 0.5) is 5.95 Å². The lowest BCUT2D eigenvalue weighted by molar-refractivity contribution is -0.0987. The number of fused-ring (bicyclic) bond motifs is 1. The van der Waals surface area contributed by atoms with E-state index in [1.807, 2.05) is 20.8 Å². The van der Waals surface area contributed by atoms with E-state index in [0.29, 0.717) is 0 Å². The van der Waals surface area contributed by atoms with Gasteiger partial charge in [0.15, 0.2) is 17.4 Å². The Morgan fingerprint density at radius 3 is 2.77 bits per heavy atom. The first-order valence-electron chi connectivity index (χ1n) is 9.27. The second-order valence-electron chi connectivity index (χ2n) is 7.71. The number of aliphatic hydroxyl groups excluding tert-OH is 1. The van der Waals surface area contributed by atoms with Crippen molar-refractivity contribution in [1.82, 2.24) is 19.5 Å². The summed E-state index contributed by atoms with van der Waals surface area (Å²) in [6, 6.07) is 0. The van der Waals surface area contributed by atoms with E-state index in [4.69, 9.17) is 24.3 Å². The highest BCUT2D eigenvalue weighted by molar-refractivity contribution is 7.47. The van der Waals surface area contributed by atoms with Crippen LogP contribution in [0.15, 0.2) is 11.1 Å². The van der Waals surface area contributed by atoms with E-state index in [0.717, 1.165) is 0 Å².